The van der Waals surface area contributed by atoms with Crippen molar-refractivity contribution in [2.75, 3.05) is 13.2 Å². The first-order valence-corrected chi connectivity index (χ1v) is 30.6. The van der Waals surface area contributed by atoms with Crippen LogP contribution in [0, 0.1) is 0 Å². The molecular formula is C71H110O6. The van der Waals surface area contributed by atoms with E-state index in [-0.39, 0.29) is 37.5 Å². The lowest BCUT2D eigenvalue weighted by Crippen LogP contribution is -2.30. The van der Waals surface area contributed by atoms with E-state index in [0.717, 1.165) is 186 Å². The van der Waals surface area contributed by atoms with Gasteiger partial charge in [-0.3, -0.25) is 14.4 Å². The number of hydrogen-bond acceptors (Lipinski definition) is 6. The molecule has 0 aliphatic carbocycles. The quantitative estimate of drug-likeness (QED) is 0.0261. The fourth-order valence-electron chi connectivity index (χ4n) is 7.72. The van der Waals surface area contributed by atoms with E-state index in [9.17, 15) is 14.4 Å². The summed E-state index contributed by atoms with van der Waals surface area (Å²) in [6, 6.07) is 0. The van der Waals surface area contributed by atoms with Gasteiger partial charge in [-0.15, -0.1) is 0 Å². The third kappa shape index (κ3) is 61.5. The molecule has 0 spiro atoms. The summed E-state index contributed by atoms with van der Waals surface area (Å²) >= 11 is 0. The first-order valence-electron chi connectivity index (χ1n) is 30.6. The highest BCUT2D eigenvalue weighted by Gasteiger charge is 2.19. The van der Waals surface area contributed by atoms with Crippen molar-refractivity contribution in [2.45, 2.75) is 245 Å². The average Bonchev–Trinajstić information content (AvgIpc) is 3.43. The summed E-state index contributed by atoms with van der Waals surface area (Å²) in [6.07, 6.45) is 93.5. The number of rotatable bonds is 53. The SMILES string of the molecule is CC/C=C\C/C=C\C/C=C\C/C=C\C/C=C\C/C=C\CCCCCCCCC(=O)OCC(COC(=O)CCCCC/C=C\C/C=C\C/C=C\CC)OC(=O)CCCCCCC/C=C\C/C=C\C/C=C\C/C=C\C/C=C\CC. The minimum Gasteiger partial charge on any atom is -0.462 e. The molecule has 0 aromatic rings. The molecule has 0 aliphatic heterocycles. The second-order valence-electron chi connectivity index (χ2n) is 19.5. The third-order valence-electron chi connectivity index (χ3n) is 12.2. The summed E-state index contributed by atoms with van der Waals surface area (Å²) in [4.78, 5) is 38.3. The second-order valence-corrected chi connectivity index (χ2v) is 19.5. The topological polar surface area (TPSA) is 78.9 Å². The van der Waals surface area contributed by atoms with Gasteiger partial charge in [-0.2, -0.15) is 0 Å². The van der Waals surface area contributed by atoms with Gasteiger partial charge in [0.25, 0.3) is 0 Å². The van der Waals surface area contributed by atoms with E-state index >= 15 is 0 Å². The van der Waals surface area contributed by atoms with E-state index in [1.54, 1.807) is 0 Å². The Bertz CT molecular complexity index is 1790. The van der Waals surface area contributed by atoms with Gasteiger partial charge in [-0.1, -0.05) is 242 Å². The predicted octanol–water partition coefficient (Wildman–Crippen LogP) is 21.1. The molecule has 0 saturated heterocycles. The van der Waals surface area contributed by atoms with Gasteiger partial charge in [0.1, 0.15) is 13.2 Å². The largest absolute Gasteiger partial charge is 0.462 e. The Morgan fingerprint density at radius 3 is 0.740 bits per heavy atom. The number of unbranched alkanes of at least 4 members (excludes halogenated alkanes) is 14. The molecule has 0 N–H and O–H groups in total. The maximum absolute atomic E-state index is 12.9. The van der Waals surface area contributed by atoms with Crippen molar-refractivity contribution in [1.82, 2.24) is 0 Å². The van der Waals surface area contributed by atoms with E-state index in [1.165, 1.54) is 12.8 Å². The summed E-state index contributed by atoms with van der Waals surface area (Å²) in [5.74, 6) is -0.982. The summed E-state index contributed by atoms with van der Waals surface area (Å²) in [7, 11) is 0. The number of carbonyl (C=O) groups excluding carboxylic acids is 3. The van der Waals surface area contributed by atoms with Crippen LogP contribution in [-0.2, 0) is 28.6 Å². The Balaban J connectivity index is 4.48. The molecule has 1 atom stereocenters. The summed E-state index contributed by atoms with van der Waals surface area (Å²) in [5.41, 5.74) is 0. The van der Waals surface area contributed by atoms with E-state index in [1.807, 2.05) is 0 Å². The zero-order valence-corrected chi connectivity index (χ0v) is 49.1. The highest BCUT2D eigenvalue weighted by Crippen LogP contribution is 2.13. The van der Waals surface area contributed by atoms with Gasteiger partial charge in [-0.05, 0) is 148 Å². The number of ether oxygens (including phenoxy) is 3. The number of esters is 3. The minimum atomic E-state index is -0.818. The lowest BCUT2D eigenvalue weighted by Gasteiger charge is -2.18. The Labute approximate surface area is 472 Å². The molecule has 0 heterocycles. The van der Waals surface area contributed by atoms with Crippen LogP contribution in [0.4, 0.5) is 0 Å². The average molecular weight is 1060 g/mol. The van der Waals surface area contributed by atoms with Gasteiger partial charge in [0.05, 0.1) is 0 Å². The Kier molecular flexibility index (Phi) is 59.0. The predicted molar refractivity (Wildman–Crippen MR) is 334 cm³/mol. The van der Waals surface area contributed by atoms with Crippen LogP contribution in [0.3, 0.4) is 0 Å². The van der Waals surface area contributed by atoms with Crippen LogP contribution >= 0.6 is 0 Å². The van der Waals surface area contributed by atoms with Crippen LogP contribution in [0.1, 0.15) is 239 Å². The van der Waals surface area contributed by atoms with Gasteiger partial charge in [0, 0.05) is 19.3 Å². The zero-order chi connectivity index (χ0) is 55.7. The van der Waals surface area contributed by atoms with Crippen LogP contribution in [0.15, 0.2) is 170 Å². The molecule has 77 heavy (non-hydrogen) atoms. The van der Waals surface area contributed by atoms with E-state index in [0.29, 0.717) is 12.8 Å². The minimum absolute atomic E-state index is 0.112. The zero-order valence-electron chi connectivity index (χ0n) is 49.1. The molecule has 0 amide bonds. The van der Waals surface area contributed by atoms with E-state index < -0.39 is 6.10 Å². The number of carbonyl (C=O) groups is 3. The lowest BCUT2D eigenvalue weighted by atomic mass is 10.1. The van der Waals surface area contributed by atoms with Crippen LogP contribution in [0.25, 0.3) is 0 Å². The highest BCUT2D eigenvalue weighted by atomic mass is 16.6. The normalized spacial score (nSPS) is 13.3. The monoisotopic (exact) mass is 1060 g/mol. The first-order chi connectivity index (χ1) is 38.0. The summed E-state index contributed by atoms with van der Waals surface area (Å²) < 4.78 is 16.8. The number of allylic oxidation sites excluding steroid dienone is 28. The lowest BCUT2D eigenvalue weighted by molar-refractivity contribution is -0.167. The van der Waals surface area contributed by atoms with Crippen molar-refractivity contribution < 1.29 is 28.6 Å². The molecule has 0 aromatic heterocycles. The van der Waals surface area contributed by atoms with Gasteiger partial charge in [-0.25, -0.2) is 0 Å². The second kappa shape index (κ2) is 63.3. The molecule has 0 aliphatic rings. The molecule has 0 bridgehead atoms. The van der Waals surface area contributed by atoms with Crippen molar-refractivity contribution in [1.29, 1.82) is 0 Å². The molecule has 6 heteroatoms. The van der Waals surface area contributed by atoms with Crippen LogP contribution < -0.4 is 0 Å². The van der Waals surface area contributed by atoms with Crippen molar-refractivity contribution in [3.05, 3.63) is 170 Å². The summed E-state index contributed by atoms with van der Waals surface area (Å²) in [6.45, 7) is 6.23. The molecule has 1 unspecified atom stereocenters. The van der Waals surface area contributed by atoms with Gasteiger partial charge < -0.3 is 14.2 Å². The smallest absolute Gasteiger partial charge is 0.306 e. The first kappa shape index (κ1) is 71.8. The Morgan fingerprint density at radius 1 is 0.260 bits per heavy atom. The molecule has 0 radical (unpaired) electrons. The fourth-order valence-corrected chi connectivity index (χ4v) is 7.72. The highest BCUT2D eigenvalue weighted by molar-refractivity contribution is 5.71. The van der Waals surface area contributed by atoms with Gasteiger partial charge in [0.15, 0.2) is 6.10 Å². The van der Waals surface area contributed by atoms with Gasteiger partial charge in [0.2, 0.25) is 0 Å². The molecule has 430 valence electrons. The molecule has 0 saturated carbocycles. The number of hydrogen-bond donors (Lipinski definition) is 0. The third-order valence-corrected chi connectivity index (χ3v) is 12.2. The van der Waals surface area contributed by atoms with Gasteiger partial charge >= 0.3 is 17.9 Å². The van der Waals surface area contributed by atoms with Crippen LogP contribution in [0.5, 0.6) is 0 Å². The van der Waals surface area contributed by atoms with Crippen molar-refractivity contribution in [3.63, 3.8) is 0 Å². The molecule has 0 rings (SSSR count). The van der Waals surface area contributed by atoms with Crippen molar-refractivity contribution >= 4 is 17.9 Å². The Hall–Kier alpha value is -5.23. The van der Waals surface area contributed by atoms with E-state index in [2.05, 4.69) is 191 Å². The maximum Gasteiger partial charge on any atom is 0.306 e. The maximum atomic E-state index is 12.9. The molecule has 0 aromatic carbocycles. The molecular weight excluding hydrogens is 949 g/mol. The van der Waals surface area contributed by atoms with Crippen LogP contribution in [0.2, 0.25) is 0 Å². The van der Waals surface area contributed by atoms with Crippen LogP contribution in [-0.4, -0.2) is 37.2 Å². The Morgan fingerprint density at radius 2 is 0.468 bits per heavy atom. The van der Waals surface area contributed by atoms with Crippen molar-refractivity contribution in [2.24, 2.45) is 0 Å². The molecule has 6 nitrogen and oxygen atoms in total. The van der Waals surface area contributed by atoms with E-state index in [4.69, 9.17) is 14.2 Å². The van der Waals surface area contributed by atoms with Crippen molar-refractivity contribution in [3.8, 4) is 0 Å². The fraction of sp³-hybridized carbons (Fsp3) is 0.563. The standard InChI is InChI=1S/C71H110O6/c1-4-7-10-13-16-19-22-25-27-29-31-33-34-35-36-38-39-41-43-46-49-52-55-58-61-64-70(73)76-67-68(66-75-69(72)63-60-57-54-51-48-45-24-21-18-15-12-9-6-3)77-71(74)65-62-59-56-53-50-47-44-42-40-37-32-30-28-26-23-20-17-14-11-8-5-2/h7-12,16-21,25-28,31-33,35-37,39,41-42,44-45,48,68H,4-6,13-15,22-24,29-30,34,38,40,43,46-47,49-67H2,1-3H3/b10-7-,11-8-,12-9-,19-16-,20-17-,21-18-,27-25-,28-26-,33-31-,36-35-,37-32-,41-39-,44-42-,48-45-. The summed E-state index contributed by atoms with van der Waals surface area (Å²) in [5, 5.41) is 0. The molecule has 0 fully saturated rings.